The highest BCUT2D eigenvalue weighted by Gasteiger charge is 2.19. The van der Waals surface area contributed by atoms with Crippen molar-refractivity contribution in [2.75, 3.05) is 5.32 Å². The maximum Gasteiger partial charge on any atom is 0.266 e. The Morgan fingerprint density at radius 2 is 1.79 bits per heavy atom. The van der Waals surface area contributed by atoms with Crippen LogP contribution in [0.25, 0.3) is 0 Å². The number of carbonyl (C=O) groups excluding carboxylic acids is 1. The maximum atomic E-state index is 12.5. The third kappa shape index (κ3) is 5.56. The summed E-state index contributed by atoms with van der Waals surface area (Å²) in [5.41, 5.74) is 2.30. The number of hydrogen-bond donors (Lipinski definition) is 1. The van der Waals surface area contributed by atoms with E-state index >= 15 is 0 Å². The van der Waals surface area contributed by atoms with Crippen LogP contribution >= 0.6 is 23.1 Å². The Bertz CT molecular complexity index is 913. The molecule has 3 rings (SSSR count). The van der Waals surface area contributed by atoms with Gasteiger partial charge in [-0.15, -0.1) is 10.2 Å². The predicted octanol–water partition coefficient (Wildman–Crippen LogP) is 5.36. The van der Waals surface area contributed by atoms with Gasteiger partial charge in [-0.25, -0.2) is 0 Å². The molecule has 0 saturated heterocycles. The first-order chi connectivity index (χ1) is 13.5. The van der Waals surface area contributed by atoms with Crippen LogP contribution in [0.3, 0.4) is 0 Å². The third-order valence-corrected chi connectivity index (χ3v) is 6.10. The number of amides is 1. The summed E-state index contributed by atoms with van der Waals surface area (Å²) in [6.45, 7) is 5.93. The van der Waals surface area contributed by atoms with Crippen LogP contribution in [0.1, 0.15) is 37.8 Å². The summed E-state index contributed by atoms with van der Waals surface area (Å²) < 4.78 is 6.71. The molecule has 0 bridgehead atoms. The highest BCUT2D eigenvalue weighted by molar-refractivity contribution is 8.00. The highest BCUT2D eigenvalue weighted by Crippen LogP contribution is 2.29. The fourth-order valence-corrected chi connectivity index (χ4v) is 4.26. The SMILES string of the molecule is CC(C)c1ccccc1O[C@H](C)C(=O)Nc1nnc(SCc2ccccc2)s1. The molecule has 2 aromatic carbocycles. The summed E-state index contributed by atoms with van der Waals surface area (Å²) in [6, 6.07) is 18.0. The van der Waals surface area contributed by atoms with E-state index in [1.807, 2.05) is 42.5 Å². The molecule has 0 unspecified atom stereocenters. The Labute approximate surface area is 173 Å². The molecule has 1 heterocycles. The molecule has 0 radical (unpaired) electrons. The van der Waals surface area contributed by atoms with Crippen molar-refractivity contribution in [2.24, 2.45) is 0 Å². The van der Waals surface area contributed by atoms with E-state index in [4.69, 9.17) is 4.74 Å². The number of rotatable bonds is 8. The Morgan fingerprint density at radius 1 is 1.07 bits per heavy atom. The lowest BCUT2D eigenvalue weighted by atomic mass is 10.0. The van der Waals surface area contributed by atoms with Crippen molar-refractivity contribution >= 4 is 34.1 Å². The summed E-state index contributed by atoms with van der Waals surface area (Å²) in [5.74, 6) is 1.62. The molecule has 146 valence electrons. The smallest absolute Gasteiger partial charge is 0.266 e. The monoisotopic (exact) mass is 413 g/mol. The molecular weight excluding hydrogens is 390 g/mol. The van der Waals surface area contributed by atoms with Gasteiger partial charge in [0.1, 0.15) is 5.75 Å². The van der Waals surface area contributed by atoms with Gasteiger partial charge in [0, 0.05) is 5.75 Å². The highest BCUT2D eigenvalue weighted by atomic mass is 32.2. The lowest BCUT2D eigenvalue weighted by molar-refractivity contribution is -0.122. The summed E-state index contributed by atoms with van der Waals surface area (Å²) in [4.78, 5) is 12.5. The Balaban J connectivity index is 1.55. The van der Waals surface area contributed by atoms with Gasteiger partial charge >= 0.3 is 0 Å². The van der Waals surface area contributed by atoms with Gasteiger partial charge < -0.3 is 4.74 Å². The number of nitrogens with one attached hydrogen (secondary N) is 1. The Morgan fingerprint density at radius 3 is 2.54 bits per heavy atom. The molecule has 0 aliphatic carbocycles. The molecule has 1 N–H and O–H groups in total. The van der Waals surface area contributed by atoms with Crippen LogP contribution < -0.4 is 10.1 Å². The molecule has 0 aliphatic rings. The number of nitrogens with zero attached hydrogens (tertiary/aromatic N) is 2. The average molecular weight is 414 g/mol. The van der Waals surface area contributed by atoms with E-state index in [1.165, 1.54) is 16.9 Å². The van der Waals surface area contributed by atoms with Crippen molar-refractivity contribution < 1.29 is 9.53 Å². The Kier molecular flexibility index (Phi) is 7.06. The van der Waals surface area contributed by atoms with Gasteiger partial charge in [0.15, 0.2) is 10.4 Å². The van der Waals surface area contributed by atoms with Crippen molar-refractivity contribution in [2.45, 2.75) is 42.9 Å². The minimum Gasteiger partial charge on any atom is -0.481 e. The molecule has 1 aromatic heterocycles. The van der Waals surface area contributed by atoms with E-state index in [1.54, 1.807) is 18.7 Å². The lowest BCUT2D eigenvalue weighted by Crippen LogP contribution is -2.30. The van der Waals surface area contributed by atoms with E-state index in [0.29, 0.717) is 11.0 Å². The van der Waals surface area contributed by atoms with E-state index in [0.717, 1.165) is 21.4 Å². The summed E-state index contributed by atoms with van der Waals surface area (Å²) in [6.07, 6.45) is -0.635. The minimum atomic E-state index is -0.635. The molecule has 5 nitrogen and oxygen atoms in total. The van der Waals surface area contributed by atoms with Crippen LogP contribution in [-0.4, -0.2) is 22.2 Å². The van der Waals surface area contributed by atoms with Crippen LogP contribution in [0.5, 0.6) is 5.75 Å². The second kappa shape index (κ2) is 9.71. The summed E-state index contributed by atoms with van der Waals surface area (Å²) in [5, 5.41) is 11.5. The van der Waals surface area contributed by atoms with Crippen molar-refractivity contribution in [1.29, 1.82) is 0 Å². The lowest BCUT2D eigenvalue weighted by Gasteiger charge is -2.18. The summed E-state index contributed by atoms with van der Waals surface area (Å²) >= 11 is 2.97. The molecule has 28 heavy (non-hydrogen) atoms. The molecule has 7 heteroatoms. The number of ether oxygens (including phenoxy) is 1. The fraction of sp³-hybridized carbons (Fsp3) is 0.286. The van der Waals surface area contributed by atoms with E-state index in [9.17, 15) is 4.79 Å². The molecule has 0 fully saturated rings. The first-order valence-electron chi connectivity index (χ1n) is 9.09. The van der Waals surface area contributed by atoms with Gasteiger partial charge in [-0.3, -0.25) is 10.1 Å². The number of aromatic nitrogens is 2. The zero-order valence-electron chi connectivity index (χ0n) is 16.1. The van der Waals surface area contributed by atoms with Gasteiger partial charge in [-0.2, -0.15) is 0 Å². The largest absolute Gasteiger partial charge is 0.481 e. The normalized spacial score (nSPS) is 12.0. The van der Waals surface area contributed by atoms with Crippen molar-refractivity contribution in [3.63, 3.8) is 0 Å². The van der Waals surface area contributed by atoms with Gasteiger partial charge in [-0.1, -0.05) is 85.5 Å². The zero-order valence-corrected chi connectivity index (χ0v) is 17.7. The standard InChI is InChI=1S/C21H23N3O2S2/c1-14(2)17-11-7-8-12-18(17)26-15(3)19(25)22-20-23-24-21(28-20)27-13-16-9-5-4-6-10-16/h4-12,14-15H,13H2,1-3H3,(H,22,23,25)/t15-/m1/s1. The molecule has 0 aliphatic heterocycles. The molecule has 1 atom stereocenters. The first-order valence-corrected chi connectivity index (χ1v) is 10.9. The number of hydrogen-bond acceptors (Lipinski definition) is 6. The number of benzene rings is 2. The second-order valence-corrected chi connectivity index (χ2v) is 8.79. The number of para-hydroxylation sites is 1. The second-order valence-electron chi connectivity index (χ2n) is 6.59. The number of anilines is 1. The van der Waals surface area contributed by atoms with E-state index in [-0.39, 0.29) is 5.91 Å². The Hall–Kier alpha value is -2.38. The minimum absolute atomic E-state index is 0.241. The zero-order chi connectivity index (χ0) is 19.9. The summed E-state index contributed by atoms with van der Waals surface area (Å²) in [7, 11) is 0. The molecule has 0 spiro atoms. The fourth-order valence-electron chi connectivity index (χ4n) is 2.55. The topological polar surface area (TPSA) is 64.1 Å². The maximum absolute atomic E-state index is 12.5. The van der Waals surface area contributed by atoms with Gasteiger partial charge in [0.25, 0.3) is 5.91 Å². The van der Waals surface area contributed by atoms with Crippen molar-refractivity contribution in [3.05, 3.63) is 65.7 Å². The predicted molar refractivity (Wildman–Crippen MR) is 115 cm³/mol. The van der Waals surface area contributed by atoms with Crippen LogP contribution in [0.4, 0.5) is 5.13 Å². The van der Waals surface area contributed by atoms with Crippen LogP contribution in [0, 0.1) is 0 Å². The quantitative estimate of drug-likeness (QED) is 0.398. The van der Waals surface area contributed by atoms with Crippen LogP contribution in [0.2, 0.25) is 0 Å². The van der Waals surface area contributed by atoms with Crippen molar-refractivity contribution in [3.8, 4) is 5.75 Å². The first kappa shape index (κ1) is 20.4. The van der Waals surface area contributed by atoms with Crippen molar-refractivity contribution in [1.82, 2.24) is 10.2 Å². The average Bonchev–Trinajstić information content (AvgIpc) is 3.14. The molecule has 1 amide bonds. The van der Waals surface area contributed by atoms with E-state index in [2.05, 4.69) is 41.5 Å². The van der Waals surface area contributed by atoms with Gasteiger partial charge in [-0.05, 0) is 30.0 Å². The molecular formula is C21H23N3O2S2. The van der Waals surface area contributed by atoms with Gasteiger partial charge in [0.05, 0.1) is 0 Å². The van der Waals surface area contributed by atoms with Crippen LogP contribution in [0.15, 0.2) is 58.9 Å². The van der Waals surface area contributed by atoms with Gasteiger partial charge in [0.2, 0.25) is 5.13 Å². The van der Waals surface area contributed by atoms with E-state index < -0.39 is 6.10 Å². The van der Waals surface area contributed by atoms with Crippen LogP contribution in [-0.2, 0) is 10.5 Å². The number of carbonyl (C=O) groups is 1. The molecule has 0 saturated carbocycles. The molecule has 3 aromatic rings. The number of thioether (sulfide) groups is 1. The third-order valence-electron chi connectivity index (χ3n) is 4.06.